The second-order valence-electron chi connectivity index (χ2n) is 4.37. The molecule has 0 aliphatic carbocycles. The summed E-state index contributed by atoms with van der Waals surface area (Å²) in [6.45, 7) is 4.03. The quantitative estimate of drug-likeness (QED) is 0.713. The number of amides is 1. The summed E-state index contributed by atoms with van der Waals surface area (Å²) in [4.78, 5) is 11.9. The molecule has 6 heteroatoms. The average molecular weight is 238 g/mol. The Morgan fingerprint density at radius 2 is 2.29 bits per heavy atom. The summed E-state index contributed by atoms with van der Waals surface area (Å²) in [6.07, 6.45) is 2.00. The van der Waals surface area contributed by atoms with Crippen molar-refractivity contribution >= 4 is 11.7 Å². The summed E-state index contributed by atoms with van der Waals surface area (Å²) in [5, 5.41) is 9.41. The van der Waals surface area contributed by atoms with Crippen LogP contribution in [-0.2, 0) is 4.74 Å². The molecule has 2 rings (SSSR count). The molecule has 0 saturated carbocycles. The number of carbonyl (C=O) groups is 1. The Labute approximate surface area is 99.9 Å². The molecule has 2 heterocycles. The van der Waals surface area contributed by atoms with Crippen molar-refractivity contribution in [3.8, 4) is 0 Å². The normalized spacial score (nSPS) is 17.0. The fraction of sp³-hybridized carbons (Fsp3) is 0.636. The smallest absolute Gasteiger partial charge is 0.256 e. The van der Waals surface area contributed by atoms with E-state index in [4.69, 9.17) is 10.5 Å². The number of ether oxygens (including phenoxy) is 1. The van der Waals surface area contributed by atoms with Gasteiger partial charge in [0.1, 0.15) is 5.56 Å². The summed E-state index contributed by atoms with van der Waals surface area (Å²) < 4.78 is 5.27. The molecule has 4 N–H and O–H groups in total. The standard InChI is InChI=1S/C11H18N4O2/c1-7-9(10(12)15-14-7)11(16)13-6-8-2-4-17-5-3-8/h8H,2-6H2,1H3,(H,13,16)(H3,12,14,15). The van der Waals surface area contributed by atoms with Gasteiger partial charge in [0.15, 0.2) is 5.82 Å². The molecule has 1 aliphatic rings. The highest BCUT2D eigenvalue weighted by Gasteiger charge is 2.18. The molecule has 94 valence electrons. The zero-order valence-electron chi connectivity index (χ0n) is 9.95. The minimum absolute atomic E-state index is 0.153. The van der Waals surface area contributed by atoms with E-state index in [0.717, 1.165) is 26.1 Å². The SMILES string of the molecule is Cc1[nH]nc(N)c1C(=O)NCC1CCOCC1. The number of anilines is 1. The van der Waals surface area contributed by atoms with Crippen LogP contribution < -0.4 is 11.1 Å². The molecule has 1 saturated heterocycles. The van der Waals surface area contributed by atoms with Gasteiger partial charge in [0.25, 0.3) is 5.91 Å². The molecule has 6 nitrogen and oxygen atoms in total. The molecule has 0 unspecified atom stereocenters. The van der Waals surface area contributed by atoms with E-state index in [1.807, 2.05) is 0 Å². The van der Waals surface area contributed by atoms with Gasteiger partial charge < -0.3 is 15.8 Å². The van der Waals surface area contributed by atoms with Gasteiger partial charge in [-0.3, -0.25) is 9.89 Å². The van der Waals surface area contributed by atoms with Gasteiger partial charge in [-0.25, -0.2) is 0 Å². The van der Waals surface area contributed by atoms with E-state index < -0.39 is 0 Å². The largest absolute Gasteiger partial charge is 0.382 e. The van der Waals surface area contributed by atoms with Crippen molar-refractivity contribution in [3.63, 3.8) is 0 Å². The van der Waals surface area contributed by atoms with Gasteiger partial charge in [0.05, 0.1) is 0 Å². The summed E-state index contributed by atoms with van der Waals surface area (Å²) in [6, 6.07) is 0. The Morgan fingerprint density at radius 1 is 1.59 bits per heavy atom. The molecular formula is C11H18N4O2. The van der Waals surface area contributed by atoms with Gasteiger partial charge in [0, 0.05) is 25.5 Å². The third kappa shape index (κ3) is 2.76. The number of aromatic amines is 1. The Morgan fingerprint density at radius 3 is 2.88 bits per heavy atom. The lowest BCUT2D eigenvalue weighted by Gasteiger charge is -2.22. The summed E-state index contributed by atoms with van der Waals surface area (Å²) in [5.74, 6) is 0.605. The van der Waals surface area contributed by atoms with Gasteiger partial charge in [-0.15, -0.1) is 0 Å². The number of nitrogens with zero attached hydrogens (tertiary/aromatic N) is 1. The molecule has 0 bridgehead atoms. The first-order valence-corrected chi connectivity index (χ1v) is 5.85. The Bertz CT molecular complexity index is 377. The lowest BCUT2D eigenvalue weighted by atomic mass is 10.0. The second kappa shape index (κ2) is 5.18. The fourth-order valence-electron chi connectivity index (χ4n) is 2.01. The van der Waals surface area contributed by atoms with Crippen LogP contribution >= 0.6 is 0 Å². The van der Waals surface area contributed by atoms with Crippen LogP contribution in [0.3, 0.4) is 0 Å². The summed E-state index contributed by atoms with van der Waals surface area (Å²) in [5.41, 5.74) is 6.78. The number of nitrogen functional groups attached to an aromatic ring is 1. The maximum Gasteiger partial charge on any atom is 0.256 e. The predicted octanol–water partition coefficient (Wildman–Crippen LogP) is 0.457. The van der Waals surface area contributed by atoms with Crippen molar-refractivity contribution in [3.05, 3.63) is 11.3 Å². The van der Waals surface area contributed by atoms with Crippen molar-refractivity contribution in [2.75, 3.05) is 25.5 Å². The lowest BCUT2D eigenvalue weighted by molar-refractivity contribution is 0.0642. The number of nitrogens with two attached hydrogens (primary N) is 1. The van der Waals surface area contributed by atoms with Crippen LogP contribution in [0.5, 0.6) is 0 Å². The van der Waals surface area contributed by atoms with Crippen molar-refractivity contribution in [2.24, 2.45) is 5.92 Å². The number of nitrogens with one attached hydrogen (secondary N) is 2. The van der Waals surface area contributed by atoms with E-state index in [-0.39, 0.29) is 11.7 Å². The maximum atomic E-state index is 11.9. The molecular weight excluding hydrogens is 220 g/mol. The van der Waals surface area contributed by atoms with E-state index in [1.165, 1.54) is 0 Å². The summed E-state index contributed by atoms with van der Waals surface area (Å²) >= 11 is 0. The van der Waals surface area contributed by atoms with E-state index in [2.05, 4.69) is 15.5 Å². The highest BCUT2D eigenvalue weighted by Crippen LogP contribution is 2.15. The van der Waals surface area contributed by atoms with Crippen molar-refractivity contribution < 1.29 is 9.53 Å². The molecule has 0 atom stereocenters. The first-order chi connectivity index (χ1) is 8.18. The third-order valence-electron chi connectivity index (χ3n) is 3.09. The van der Waals surface area contributed by atoms with Crippen molar-refractivity contribution in [2.45, 2.75) is 19.8 Å². The van der Waals surface area contributed by atoms with Crippen molar-refractivity contribution in [1.82, 2.24) is 15.5 Å². The second-order valence-corrected chi connectivity index (χ2v) is 4.37. The molecule has 0 aromatic carbocycles. The highest BCUT2D eigenvalue weighted by molar-refractivity contribution is 5.99. The van der Waals surface area contributed by atoms with Crippen LogP contribution in [0.15, 0.2) is 0 Å². The van der Waals surface area contributed by atoms with Crippen LogP contribution in [0.4, 0.5) is 5.82 Å². The van der Waals surface area contributed by atoms with Crippen LogP contribution in [0, 0.1) is 12.8 Å². The minimum atomic E-state index is -0.153. The molecule has 1 aromatic heterocycles. The molecule has 0 radical (unpaired) electrons. The number of aryl methyl sites for hydroxylation is 1. The number of rotatable bonds is 3. The summed E-state index contributed by atoms with van der Waals surface area (Å²) in [7, 11) is 0. The first-order valence-electron chi connectivity index (χ1n) is 5.85. The van der Waals surface area contributed by atoms with Gasteiger partial charge in [0.2, 0.25) is 0 Å². The van der Waals surface area contributed by atoms with E-state index >= 15 is 0 Å². The molecule has 1 aliphatic heterocycles. The molecule has 0 spiro atoms. The Balaban J connectivity index is 1.89. The zero-order valence-corrected chi connectivity index (χ0v) is 9.95. The van der Waals surface area contributed by atoms with Crippen molar-refractivity contribution in [1.29, 1.82) is 0 Å². The lowest BCUT2D eigenvalue weighted by Crippen LogP contribution is -2.32. The zero-order chi connectivity index (χ0) is 12.3. The first kappa shape index (κ1) is 11.9. The van der Waals surface area contributed by atoms with Crippen LogP contribution in [-0.4, -0.2) is 35.9 Å². The van der Waals surface area contributed by atoms with Gasteiger partial charge in [-0.2, -0.15) is 5.10 Å². The predicted molar refractivity (Wildman–Crippen MR) is 63.6 cm³/mol. The van der Waals surface area contributed by atoms with E-state index in [1.54, 1.807) is 6.92 Å². The third-order valence-corrected chi connectivity index (χ3v) is 3.09. The number of carbonyl (C=O) groups excluding carboxylic acids is 1. The number of aromatic nitrogens is 2. The van der Waals surface area contributed by atoms with Gasteiger partial charge in [-0.1, -0.05) is 0 Å². The molecule has 1 amide bonds. The average Bonchev–Trinajstić information content (AvgIpc) is 2.67. The molecule has 17 heavy (non-hydrogen) atoms. The van der Waals surface area contributed by atoms with E-state index in [9.17, 15) is 4.79 Å². The molecule has 1 fully saturated rings. The number of hydrogen-bond acceptors (Lipinski definition) is 4. The van der Waals surface area contributed by atoms with Crippen LogP contribution in [0.2, 0.25) is 0 Å². The van der Waals surface area contributed by atoms with Crippen LogP contribution in [0.25, 0.3) is 0 Å². The topological polar surface area (TPSA) is 93.0 Å². The fourth-order valence-corrected chi connectivity index (χ4v) is 2.01. The number of hydrogen-bond donors (Lipinski definition) is 3. The monoisotopic (exact) mass is 238 g/mol. The van der Waals surface area contributed by atoms with Crippen LogP contribution in [0.1, 0.15) is 28.9 Å². The van der Waals surface area contributed by atoms with Gasteiger partial charge in [-0.05, 0) is 25.7 Å². The molecule has 1 aromatic rings. The number of H-pyrrole nitrogens is 1. The highest BCUT2D eigenvalue weighted by atomic mass is 16.5. The Hall–Kier alpha value is -1.56. The Kier molecular flexibility index (Phi) is 3.63. The maximum absolute atomic E-state index is 11.9. The van der Waals surface area contributed by atoms with E-state index in [0.29, 0.717) is 23.7 Å². The minimum Gasteiger partial charge on any atom is -0.382 e. The van der Waals surface area contributed by atoms with Gasteiger partial charge >= 0.3 is 0 Å².